The lowest BCUT2D eigenvalue weighted by atomic mass is 9.82. The Bertz CT molecular complexity index is 1180. The number of hydrogen-bond acceptors (Lipinski definition) is 5. The van der Waals surface area contributed by atoms with Gasteiger partial charge < -0.3 is 23.6 Å². The van der Waals surface area contributed by atoms with E-state index in [2.05, 4.69) is 6.58 Å². The van der Waals surface area contributed by atoms with Crippen molar-refractivity contribution in [1.82, 2.24) is 4.57 Å². The molecule has 3 heterocycles. The average molecular weight is 487 g/mol. The number of rotatable bonds is 7. The summed E-state index contributed by atoms with van der Waals surface area (Å²) in [6, 6.07) is 8.62. The van der Waals surface area contributed by atoms with E-state index in [9.17, 15) is 14.7 Å². The number of aliphatic hydroxyl groups is 1. The van der Waals surface area contributed by atoms with E-state index in [0.29, 0.717) is 16.9 Å². The Hall–Kier alpha value is -2.75. The van der Waals surface area contributed by atoms with Crippen LogP contribution in [-0.2, 0) is 15.1 Å². The number of aliphatic hydroxyl groups excluding tert-OH is 1. The Morgan fingerprint density at radius 1 is 1.32 bits per heavy atom. The number of aromatic nitrogens is 1. The molecule has 2 aromatic rings. The van der Waals surface area contributed by atoms with E-state index in [1.54, 1.807) is 60.6 Å². The van der Waals surface area contributed by atoms with Crippen LogP contribution in [0.5, 0.6) is 5.75 Å². The molecule has 1 aromatic carbocycles. The fourth-order valence-electron chi connectivity index (χ4n) is 5.73. The lowest BCUT2D eigenvalue weighted by Gasteiger charge is -2.31. The van der Waals surface area contributed by atoms with Crippen LogP contribution in [0.3, 0.4) is 0 Å². The van der Waals surface area contributed by atoms with Crippen molar-refractivity contribution in [3.8, 4) is 11.4 Å². The first-order valence-electron chi connectivity index (χ1n) is 11.4. The summed E-state index contributed by atoms with van der Waals surface area (Å²) in [5, 5.41) is 9.65. The highest BCUT2D eigenvalue weighted by Crippen LogP contribution is 2.60. The summed E-state index contributed by atoms with van der Waals surface area (Å²) < 4.78 is 28.7. The van der Waals surface area contributed by atoms with Gasteiger partial charge in [-0.25, -0.2) is 0 Å². The third kappa shape index (κ3) is 3.54. The highest BCUT2D eigenvalue weighted by molar-refractivity contribution is 6.72. The minimum absolute atomic E-state index is 0.162. The van der Waals surface area contributed by atoms with Crippen LogP contribution in [0.4, 0.5) is 9.80 Å². The molecule has 2 aliphatic rings. The Kier molecular flexibility index (Phi) is 6.30. The molecule has 0 unspecified atom stereocenters. The van der Waals surface area contributed by atoms with Gasteiger partial charge in [0.15, 0.2) is 11.4 Å². The number of pyridine rings is 1. The second kappa shape index (κ2) is 8.79. The number of amides is 1. The number of fused-ring (bicyclic) bond motifs is 2. The number of anilines is 1. The number of methoxy groups -OCH3 is 1. The number of hydrogen-bond donors (Lipinski definition) is 1. The fraction of sp³-hybridized carbons (Fsp3) is 0.440. The number of halogens is 1. The van der Waals surface area contributed by atoms with Gasteiger partial charge in [0.1, 0.15) is 0 Å². The maximum atomic E-state index is 15.6. The fourth-order valence-corrected chi connectivity index (χ4v) is 8.27. The molecule has 1 spiro atoms. The first kappa shape index (κ1) is 24.4. The van der Waals surface area contributed by atoms with Crippen molar-refractivity contribution >= 4 is 20.0 Å². The van der Waals surface area contributed by atoms with Gasteiger partial charge in [0.25, 0.3) is 11.5 Å². The van der Waals surface area contributed by atoms with Crippen LogP contribution >= 0.6 is 0 Å². The van der Waals surface area contributed by atoms with Crippen molar-refractivity contribution < 1.29 is 23.5 Å². The molecule has 9 heteroatoms. The standard InChI is InChI=1S/C25H31FN2O5Si/c1-6-12-28-19-10-9-17(27-13-7-8-21(32-3)23(27)30)15-18(19)25(24(28)31)16(2)22(34(4,5)26)20(33-25)11-14-29/h6-10,13,15-16,20,22,29H,1,11-12,14H2,2-5H3/t16-,20+,22-,25+/m1/s1. The molecule has 4 atom stereocenters. The van der Waals surface area contributed by atoms with E-state index in [-0.39, 0.29) is 36.8 Å². The largest absolute Gasteiger partial charge is 0.491 e. The summed E-state index contributed by atoms with van der Waals surface area (Å²) in [6.45, 7) is 8.99. The van der Waals surface area contributed by atoms with Crippen molar-refractivity contribution in [2.24, 2.45) is 5.92 Å². The summed E-state index contributed by atoms with van der Waals surface area (Å²) in [5.74, 6) is -0.538. The maximum Gasteiger partial charge on any atom is 0.297 e. The number of nitrogens with zero attached hydrogens (tertiary/aromatic N) is 2. The summed E-state index contributed by atoms with van der Waals surface area (Å²) in [4.78, 5) is 28.4. The van der Waals surface area contributed by atoms with Crippen molar-refractivity contribution in [3.05, 3.63) is 65.1 Å². The normalized spacial score (nSPS) is 26.2. The second-order valence-corrected chi connectivity index (χ2v) is 13.2. The van der Waals surface area contributed by atoms with Gasteiger partial charge in [0, 0.05) is 42.1 Å². The van der Waals surface area contributed by atoms with Crippen LogP contribution in [0.25, 0.3) is 5.69 Å². The Labute approximate surface area is 199 Å². The molecular weight excluding hydrogens is 455 g/mol. The summed E-state index contributed by atoms with van der Waals surface area (Å²) in [7, 11) is -1.84. The molecule has 2 aliphatic heterocycles. The van der Waals surface area contributed by atoms with E-state index < -0.39 is 31.6 Å². The SMILES string of the molecule is C=CCN1C(=O)[C@@]2(O[C@@H](CCO)[C@H]([Si](C)(C)F)[C@H]2C)c2cc(-n3cccc(OC)c3=O)ccc21. The van der Waals surface area contributed by atoms with Crippen molar-refractivity contribution in [3.63, 3.8) is 0 Å². The molecule has 34 heavy (non-hydrogen) atoms. The molecule has 1 N–H and O–H groups in total. The summed E-state index contributed by atoms with van der Waals surface area (Å²) in [6.07, 6.45) is 2.93. The molecule has 1 aromatic heterocycles. The molecule has 7 nitrogen and oxygen atoms in total. The maximum absolute atomic E-state index is 15.6. The average Bonchev–Trinajstić information content (AvgIpc) is 3.21. The van der Waals surface area contributed by atoms with Crippen LogP contribution in [-0.4, -0.2) is 50.4 Å². The van der Waals surface area contributed by atoms with Gasteiger partial charge in [0.05, 0.1) is 18.9 Å². The van der Waals surface area contributed by atoms with Gasteiger partial charge in [-0.2, -0.15) is 0 Å². The number of carbonyl (C=O) groups is 1. The zero-order chi connectivity index (χ0) is 24.8. The summed E-state index contributed by atoms with van der Waals surface area (Å²) >= 11 is 0. The Morgan fingerprint density at radius 3 is 2.68 bits per heavy atom. The zero-order valence-electron chi connectivity index (χ0n) is 20.0. The van der Waals surface area contributed by atoms with Crippen LogP contribution in [0, 0.1) is 5.92 Å². The minimum atomic E-state index is -3.27. The Balaban J connectivity index is 1.94. The second-order valence-electron chi connectivity index (χ2n) is 9.44. The molecule has 0 aliphatic carbocycles. The number of benzene rings is 1. The molecule has 1 fully saturated rings. The zero-order valence-corrected chi connectivity index (χ0v) is 21.0. The van der Waals surface area contributed by atoms with Gasteiger partial charge in [-0.1, -0.05) is 13.0 Å². The van der Waals surface area contributed by atoms with Crippen LogP contribution in [0.1, 0.15) is 18.9 Å². The van der Waals surface area contributed by atoms with Gasteiger partial charge in [-0.05, 0) is 49.8 Å². The van der Waals surface area contributed by atoms with Crippen LogP contribution < -0.4 is 15.2 Å². The van der Waals surface area contributed by atoms with E-state index in [0.717, 1.165) is 0 Å². The van der Waals surface area contributed by atoms with Crippen molar-refractivity contribution in [2.45, 2.75) is 43.7 Å². The van der Waals surface area contributed by atoms with Gasteiger partial charge >= 0.3 is 0 Å². The van der Waals surface area contributed by atoms with Crippen LogP contribution in [0.15, 0.2) is 54.0 Å². The van der Waals surface area contributed by atoms with Gasteiger partial charge in [-0.15, -0.1) is 6.58 Å². The first-order valence-corrected chi connectivity index (χ1v) is 14.4. The smallest absolute Gasteiger partial charge is 0.297 e. The third-order valence-electron chi connectivity index (χ3n) is 7.08. The number of ether oxygens (including phenoxy) is 2. The highest BCUT2D eigenvalue weighted by Gasteiger charge is 2.66. The molecule has 1 saturated heterocycles. The lowest BCUT2D eigenvalue weighted by molar-refractivity contribution is -0.146. The molecule has 0 bridgehead atoms. The molecule has 4 rings (SSSR count). The first-order chi connectivity index (χ1) is 16.1. The van der Waals surface area contributed by atoms with E-state index in [4.69, 9.17) is 9.47 Å². The third-order valence-corrected chi connectivity index (χ3v) is 9.54. The van der Waals surface area contributed by atoms with E-state index >= 15 is 4.11 Å². The quantitative estimate of drug-likeness (QED) is 0.368. The molecule has 0 saturated carbocycles. The van der Waals surface area contributed by atoms with Gasteiger partial charge in [-0.3, -0.25) is 14.2 Å². The predicted molar refractivity (Wildman–Crippen MR) is 131 cm³/mol. The highest BCUT2D eigenvalue weighted by atomic mass is 28.4. The summed E-state index contributed by atoms with van der Waals surface area (Å²) in [5.41, 5.74) is -0.424. The van der Waals surface area contributed by atoms with Crippen molar-refractivity contribution in [1.29, 1.82) is 0 Å². The molecule has 182 valence electrons. The Morgan fingerprint density at radius 2 is 2.06 bits per heavy atom. The predicted octanol–water partition coefficient (Wildman–Crippen LogP) is 3.54. The van der Waals surface area contributed by atoms with Crippen LogP contribution in [0.2, 0.25) is 18.6 Å². The molecule has 1 amide bonds. The minimum Gasteiger partial charge on any atom is -0.491 e. The van der Waals surface area contributed by atoms with E-state index in [1.807, 2.05) is 6.92 Å². The lowest BCUT2D eigenvalue weighted by Crippen LogP contribution is -2.45. The number of carbonyl (C=O) groups excluding carboxylic acids is 1. The topological polar surface area (TPSA) is 81.0 Å². The van der Waals surface area contributed by atoms with Gasteiger partial charge in [0.2, 0.25) is 8.41 Å². The van der Waals surface area contributed by atoms with Crippen molar-refractivity contribution in [2.75, 3.05) is 25.2 Å². The molecule has 0 radical (unpaired) electrons. The van der Waals surface area contributed by atoms with E-state index in [1.165, 1.54) is 11.7 Å². The monoisotopic (exact) mass is 486 g/mol. The molecular formula is C25H31FN2O5Si.